The van der Waals surface area contributed by atoms with E-state index in [0.717, 1.165) is 17.1 Å². The zero-order chi connectivity index (χ0) is 15.5. The first-order valence-electron chi connectivity index (χ1n) is 7.20. The molecule has 0 amide bonds. The van der Waals surface area contributed by atoms with Crippen LogP contribution in [-0.2, 0) is 0 Å². The number of nitrogen functional groups attached to an aromatic ring is 3. The molecule has 0 aliphatic carbocycles. The summed E-state index contributed by atoms with van der Waals surface area (Å²) >= 11 is 0. The van der Waals surface area contributed by atoms with Crippen LogP contribution in [0.5, 0.6) is 0 Å². The molecule has 3 rings (SSSR count). The molecule has 3 aromatic carbocycles. The lowest BCUT2D eigenvalue weighted by Crippen LogP contribution is -2.51. The van der Waals surface area contributed by atoms with Gasteiger partial charge in [0.1, 0.15) is 8.80 Å². The van der Waals surface area contributed by atoms with Crippen LogP contribution in [-0.4, -0.2) is 8.80 Å². The fourth-order valence-electron chi connectivity index (χ4n) is 2.64. The van der Waals surface area contributed by atoms with Gasteiger partial charge in [-0.1, -0.05) is 52.0 Å². The summed E-state index contributed by atoms with van der Waals surface area (Å²) in [5.74, 6) is 0. The lowest BCUT2D eigenvalue weighted by Gasteiger charge is -2.18. The first-order chi connectivity index (χ1) is 10.6. The van der Waals surface area contributed by atoms with Gasteiger partial charge < -0.3 is 17.2 Å². The van der Waals surface area contributed by atoms with Gasteiger partial charge in [0.05, 0.1) is 0 Å². The lowest BCUT2D eigenvalue weighted by molar-refractivity contribution is 1.68. The number of nitrogens with two attached hydrogens (primary N) is 3. The van der Waals surface area contributed by atoms with Gasteiger partial charge in [-0.15, -0.1) is 0 Å². The Bertz CT molecular complexity index is 642. The van der Waals surface area contributed by atoms with Crippen molar-refractivity contribution in [2.75, 3.05) is 17.2 Å². The Morgan fingerprint density at radius 3 is 0.864 bits per heavy atom. The Kier molecular flexibility index (Phi) is 3.85. The monoisotopic (exact) mass is 305 g/mol. The number of hydrogen-bond acceptors (Lipinski definition) is 3. The highest BCUT2D eigenvalue weighted by molar-refractivity contribution is 6.95. The van der Waals surface area contributed by atoms with Gasteiger partial charge in [-0.3, -0.25) is 0 Å². The molecule has 0 aliphatic heterocycles. The van der Waals surface area contributed by atoms with Crippen molar-refractivity contribution >= 4 is 41.4 Å². The summed E-state index contributed by atoms with van der Waals surface area (Å²) in [5, 5.41) is 3.97. The third-order valence-electron chi connectivity index (χ3n) is 3.81. The van der Waals surface area contributed by atoms with Gasteiger partial charge in [-0.2, -0.15) is 0 Å². The second-order valence-corrected chi connectivity index (χ2v) is 8.30. The van der Waals surface area contributed by atoms with Crippen molar-refractivity contribution in [1.82, 2.24) is 0 Å². The van der Waals surface area contributed by atoms with E-state index in [1.165, 1.54) is 15.6 Å². The molecule has 0 heterocycles. The van der Waals surface area contributed by atoms with Crippen LogP contribution < -0.4 is 32.8 Å². The van der Waals surface area contributed by atoms with Crippen LogP contribution in [0.15, 0.2) is 72.8 Å². The van der Waals surface area contributed by atoms with Crippen molar-refractivity contribution < 1.29 is 0 Å². The SMILES string of the molecule is Nc1ccc([SiH](c2ccc(N)cc2)c2ccc(N)cc2)cc1. The molecule has 0 atom stereocenters. The molecule has 0 spiro atoms. The first-order valence-corrected chi connectivity index (χ1v) is 8.93. The minimum atomic E-state index is -1.54. The molecule has 0 saturated heterocycles. The zero-order valence-corrected chi connectivity index (χ0v) is 13.4. The molecule has 0 radical (unpaired) electrons. The van der Waals surface area contributed by atoms with Crippen LogP contribution in [0.3, 0.4) is 0 Å². The van der Waals surface area contributed by atoms with E-state index in [4.69, 9.17) is 17.2 Å². The van der Waals surface area contributed by atoms with Gasteiger partial charge in [0.15, 0.2) is 0 Å². The summed E-state index contributed by atoms with van der Waals surface area (Å²) in [6.07, 6.45) is 0. The Labute approximate surface area is 132 Å². The highest BCUT2D eigenvalue weighted by Crippen LogP contribution is 2.04. The predicted molar refractivity (Wildman–Crippen MR) is 98.6 cm³/mol. The Morgan fingerprint density at radius 1 is 0.409 bits per heavy atom. The molecule has 0 bridgehead atoms. The highest BCUT2D eigenvalue weighted by Gasteiger charge is 2.18. The van der Waals surface area contributed by atoms with Gasteiger partial charge in [0.25, 0.3) is 0 Å². The van der Waals surface area contributed by atoms with Gasteiger partial charge in [0.2, 0.25) is 0 Å². The molecule has 0 fully saturated rings. The van der Waals surface area contributed by atoms with Crippen molar-refractivity contribution in [2.45, 2.75) is 0 Å². The summed E-state index contributed by atoms with van der Waals surface area (Å²) in [4.78, 5) is 0. The van der Waals surface area contributed by atoms with Crippen molar-refractivity contribution in [3.8, 4) is 0 Å². The van der Waals surface area contributed by atoms with Gasteiger partial charge >= 0.3 is 0 Å². The smallest absolute Gasteiger partial charge is 0.132 e. The summed E-state index contributed by atoms with van der Waals surface area (Å²) < 4.78 is 0. The summed E-state index contributed by atoms with van der Waals surface area (Å²) in [6, 6.07) is 24.5. The fourth-order valence-corrected chi connectivity index (χ4v) is 5.53. The van der Waals surface area contributed by atoms with Crippen molar-refractivity contribution in [3.63, 3.8) is 0 Å². The van der Waals surface area contributed by atoms with E-state index in [1.807, 2.05) is 36.4 Å². The van der Waals surface area contributed by atoms with Crippen LogP contribution in [0.4, 0.5) is 17.1 Å². The van der Waals surface area contributed by atoms with E-state index in [-0.39, 0.29) is 0 Å². The molecule has 110 valence electrons. The molecule has 6 N–H and O–H groups in total. The summed E-state index contributed by atoms with van der Waals surface area (Å²) in [6.45, 7) is 0. The molecule has 22 heavy (non-hydrogen) atoms. The van der Waals surface area contributed by atoms with E-state index >= 15 is 0 Å². The third-order valence-corrected chi connectivity index (χ3v) is 6.96. The molecule has 3 aromatic rings. The van der Waals surface area contributed by atoms with Crippen molar-refractivity contribution in [2.24, 2.45) is 0 Å². The Morgan fingerprint density at radius 2 is 0.636 bits per heavy atom. The second kappa shape index (κ2) is 5.95. The maximum atomic E-state index is 5.83. The first kappa shape index (κ1) is 14.2. The molecular weight excluding hydrogens is 286 g/mol. The van der Waals surface area contributed by atoms with E-state index in [1.54, 1.807) is 0 Å². The minimum absolute atomic E-state index is 0.783. The lowest BCUT2D eigenvalue weighted by atomic mass is 10.3. The largest absolute Gasteiger partial charge is 0.399 e. The summed E-state index contributed by atoms with van der Waals surface area (Å²) in [7, 11) is -1.54. The average molecular weight is 305 g/mol. The molecular formula is C18H19N3Si. The average Bonchev–Trinajstić information content (AvgIpc) is 2.53. The number of anilines is 3. The van der Waals surface area contributed by atoms with Gasteiger partial charge in [0, 0.05) is 17.1 Å². The quantitative estimate of drug-likeness (QED) is 0.378. The molecule has 0 saturated carbocycles. The minimum Gasteiger partial charge on any atom is -0.399 e. The molecule has 0 unspecified atom stereocenters. The van der Waals surface area contributed by atoms with Gasteiger partial charge in [-0.05, 0) is 36.4 Å². The topological polar surface area (TPSA) is 78.1 Å². The number of hydrogen-bond donors (Lipinski definition) is 3. The Balaban J connectivity index is 2.10. The molecule has 0 aliphatic rings. The number of rotatable bonds is 3. The van der Waals surface area contributed by atoms with Crippen LogP contribution in [0, 0.1) is 0 Å². The fraction of sp³-hybridized carbons (Fsp3) is 0. The maximum Gasteiger partial charge on any atom is 0.132 e. The van der Waals surface area contributed by atoms with E-state index in [9.17, 15) is 0 Å². The van der Waals surface area contributed by atoms with Crippen LogP contribution >= 0.6 is 0 Å². The molecule has 0 aromatic heterocycles. The normalized spacial score (nSPS) is 10.8. The van der Waals surface area contributed by atoms with Crippen molar-refractivity contribution in [1.29, 1.82) is 0 Å². The maximum absolute atomic E-state index is 5.83. The van der Waals surface area contributed by atoms with E-state index in [0.29, 0.717) is 0 Å². The van der Waals surface area contributed by atoms with Crippen molar-refractivity contribution in [3.05, 3.63) is 72.8 Å². The number of benzene rings is 3. The molecule has 4 heteroatoms. The summed E-state index contributed by atoms with van der Waals surface area (Å²) in [5.41, 5.74) is 19.8. The second-order valence-electron chi connectivity index (χ2n) is 5.43. The van der Waals surface area contributed by atoms with Crippen LogP contribution in [0.25, 0.3) is 0 Å². The van der Waals surface area contributed by atoms with E-state index < -0.39 is 8.80 Å². The Hall–Kier alpha value is -2.72. The predicted octanol–water partition coefficient (Wildman–Crippen LogP) is 0.682. The van der Waals surface area contributed by atoms with Gasteiger partial charge in [-0.25, -0.2) is 0 Å². The van der Waals surface area contributed by atoms with E-state index in [2.05, 4.69) is 36.4 Å². The standard InChI is InChI=1S/C18H19N3Si/c19-13-1-7-16(8-2-13)22(17-9-3-14(20)4-10-17)18-11-5-15(21)6-12-18/h1-12,22H,19-21H2. The van der Waals surface area contributed by atoms with Crippen LogP contribution in [0.1, 0.15) is 0 Å². The zero-order valence-electron chi connectivity index (χ0n) is 12.2. The highest BCUT2D eigenvalue weighted by atomic mass is 28.3. The third kappa shape index (κ3) is 2.97. The molecule has 3 nitrogen and oxygen atoms in total. The van der Waals surface area contributed by atoms with Crippen LogP contribution in [0.2, 0.25) is 0 Å².